The molecule has 0 heterocycles. The number of unbranched alkanes of at least 4 members (excludes halogenated alkanes) is 44. The summed E-state index contributed by atoms with van der Waals surface area (Å²) >= 11 is 0. The Labute approximate surface area is 406 Å². The van der Waals surface area contributed by atoms with E-state index in [9.17, 15) is 19.8 Å². The summed E-state index contributed by atoms with van der Waals surface area (Å²) in [5.74, 6) is -0.113. The van der Waals surface area contributed by atoms with Crippen LogP contribution in [0.4, 0.5) is 0 Å². The number of esters is 1. The summed E-state index contributed by atoms with van der Waals surface area (Å²) in [4.78, 5) is 24.6. The van der Waals surface area contributed by atoms with E-state index >= 15 is 0 Å². The summed E-state index contributed by atoms with van der Waals surface area (Å²) in [5.41, 5.74) is 0. The lowest BCUT2D eigenvalue weighted by molar-refractivity contribution is -0.143. The minimum absolute atomic E-state index is 0.0219. The van der Waals surface area contributed by atoms with E-state index in [2.05, 4.69) is 19.2 Å². The second-order valence-corrected chi connectivity index (χ2v) is 20.3. The van der Waals surface area contributed by atoms with Crippen molar-refractivity contribution in [3.05, 3.63) is 12.2 Å². The van der Waals surface area contributed by atoms with Crippen LogP contribution in [0.1, 0.15) is 328 Å². The third-order valence-electron chi connectivity index (χ3n) is 13.8. The topological polar surface area (TPSA) is 95.9 Å². The average Bonchev–Trinajstić information content (AvgIpc) is 3.31. The molecule has 0 saturated heterocycles. The normalized spacial score (nSPS) is 12.6. The maximum Gasteiger partial charge on any atom is 0.305 e. The zero-order chi connectivity index (χ0) is 47.2. The highest BCUT2D eigenvalue weighted by Gasteiger charge is 2.18. The first-order valence-corrected chi connectivity index (χ1v) is 29.5. The van der Waals surface area contributed by atoms with Crippen LogP contribution in [0.25, 0.3) is 0 Å². The lowest BCUT2D eigenvalue weighted by atomic mass is 10.0. The van der Waals surface area contributed by atoms with E-state index in [1.54, 1.807) is 6.08 Å². The molecule has 0 aliphatic rings. The van der Waals surface area contributed by atoms with Crippen LogP contribution in [0.5, 0.6) is 0 Å². The molecule has 6 nitrogen and oxygen atoms in total. The van der Waals surface area contributed by atoms with Gasteiger partial charge in [-0.1, -0.05) is 296 Å². The van der Waals surface area contributed by atoms with Gasteiger partial charge in [0.2, 0.25) is 5.91 Å². The van der Waals surface area contributed by atoms with Crippen molar-refractivity contribution in [1.82, 2.24) is 5.32 Å². The quantitative estimate of drug-likeness (QED) is 0.0321. The first-order chi connectivity index (χ1) is 32.0. The van der Waals surface area contributed by atoms with Crippen molar-refractivity contribution in [2.24, 2.45) is 0 Å². The van der Waals surface area contributed by atoms with Crippen LogP contribution in [0, 0.1) is 0 Å². The van der Waals surface area contributed by atoms with E-state index < -0.39 is 12.1 Å². The van der Waals surface area contributed by atoms with Crippen LogP contribution in [0.2, 0.25) is 0 Å². The Kier molecular flexibility index (Phi) is 54.0. The smallest absolute Gasteiger partial charge is 0.305 e. The van der Waals surface area contributed by atoms with Crippen LogP contribution in [0.3, 0.4) is 0 Å². The summed E-state index contributed by atoms with van der Waals surface area (Å²) in [6, 6.07) is -0.647. The summed E-state index contributed by atoms with van der Waals surface area (Å²) < 4.78 is 5.47. The van der Waals surface area contributed by atoms with E-state index in [-0.39, 0.29) is 18.5 Å². The number of carbonyl (C=O) groups excluding carboxylic acids is 2. The molecule has 0 saturated carbocycles. The van der Waals surface area contributed by atoms with Crippen molar-refractivity contribution in [3.8, 4) is 0 Å². The molecule has 0 aromatic rings. The van der Waals surface area contributed by atoms with Crippen LogP contribution >= 0.6 is 0 Å². The number of hydrogen-bond acceptors (Lipinski definition) is 5. The van der Waals surface area contributed by atoms with Gasteiger partial charge in [-0.15, -0.1) is 0 Å². The monoisotopic (exact) mass is 918 g/mol. The molecule has 65 heavy (non-hydrogen) atoms. The van der Waals surface area contributed by atoms with Gasteiger partial charge in [-0.25, -0.2) is 0 Å². The van der Waals surface area contributed by atoms with E-state index in [1.807, 2.05) is 6.08 Å². The van der Waals surface area contributed by atoms with Crippen molar-refractivity contribution in [3.63, 3.8) is 0 Å². The fraction of sp³-hybridized carbons (Fsp3) is 0.932. The summed E-state index contributed by atoms with van der Waals surface area (Å²) in [7, 11) is 0. The number of amides is 1. The molecule has 0 rings (SSSR count). The minimum atomic E-state index is -0.861. The van der Waals surface area contributed by atoms with Gasteiger partial charge in [0, 0.05) is 12.8 Å². The molecule has 0 bridgehead atoms. The maximum absolute atomic E-state index is 12.5. The first kappa shape index (κ1) is 63.6. The van der Waals surface area contributed by atoms with Crippen molar-refractivity contribution in [2.45, 2.75) is 341 Å². The molecular weight excluding hydrogens is 803 g/mol. The second kappa shape index (κ2) is 55.2. The van der Waals surface area contributed by atoms with Crippen molar-refractivity contribution >= 4 is 11.9 Å². The van der Waals surface area contributed by atoms with Gasteiger partial charge in [0.1, 0.15) is 0 Å². The number of rotatable bonds is 55. The number of hydrogen-bond donors (Lipinski definition) is 3. The first-order valence-electron chi connectivity index (χ1n) is 29.5. The Bertz CT molecular complexity index is 970. The fourth-order valence-corrected chi connectivity index (χ4v) is 9.28. The standard InChI is InChI=1S/C59H115NO5/c1-3-5-7-9-11-13-15-17-19-21-23-24-25-26-28-30-32-35-39-43-47-51-57(62)56(55-61)60-58(63)52-48-44-40-36-34-38-42-46-50-54-65-59(64)53-49-45-41-37-33-31-29-27-22-20-18-16-14-12-10-8-6-4-2/h47,51,56-57,61-62H,3-46,48-50,52-55H2,1-2H3,(H,60,63)/b51-47+. The number of ether oxygens (including phenoxy) is 1. The Hall–Kier alpha value is -1.40. The van der Waals surface area contributed by atoms with Crippen LogP contribution < -0.4 is 5.32 Å². The molecule has 3 N–H and O–H groups in total. The van der Waals surface area contributed by atoms with Crippen molar-refractivity contribution in [1.29, 1.82) is 0 Å². The molecule has 6 heteroatoms. The van der Waals surface area contributed by atoms with Gasteiger partial charge in [-0.3, -0.25) is 9.59 Å². The molecule has 1 amide bonds. The van der Waals surface area contributed by atoms with Gasteiger partial charge in [0.25, 0.3) is 0 Å². The largest absolute Gasteiger partial charge is 0.466 e. The zero-order valence-electron chi connectivity index (χ0n) is 44.0. The number of allylic oxidation sites excluding steroid dienone is 1. The molecular formula is C59H115NO5. The molecule has 0 fully saturated rings. The van der Waals surface area contributed by atoms with Gasteiger partial charge in [-0.2, -0.15) is 0 Å². The zero-order valence-corrected chi connectivity index (χ0v) is 44.0. The number of nitrogens with one attached hydrogen (secondary N) is 1. The van der Waals surface area contributed by atoms with Gasteiger partial charge >= 0.3 is 5.97 Å². The maximum atomic E-state index is 12.5. The van der Waals surface area contributed by atoms with E-state index in [1.165, 1.54) is 244 Å². The van der Waals surface area contributed by atoms with Crippen LogP contribution in [0.15, 0.2) is 12.2 Å². The predicted molar refractivity (Wildman–Crippen MR) is 283 cm³/mol. The third-order valence-corrected chi connectivity index (χ3v) is 13.8. The van der Waals surface area contributed by atoms with E-state index in [0.29, 0.717) is 19.4 Å². The molecule has 0 spiro atoms. The highest BCUT2D eigenvalue weighted by atomic mass is 16.5. The fourth-order valence-electron chi connectivity index (χ4n) is 9.28. The van der Waals surface area contributed by atoms with Crippen molar-refractivity contribution in [2.75, 3.05) is 13.2 Å². The molecule has 0 aliphatic heterocycles. The van der Waals surface area contributed by atoms with Gasteiger partial charge in [0.05, 0.1) is 25.4 Å². The number of aliphatic hydroxyl groups is 2. The lowest BCUT2D eigenvalue weighted by Gasteiger charge is -2.20. The number of carbonyl (C=O) groups is 2. The molecule has 0 aromatic heterocycles. The molecule has 2 unspecified atom stereocenters. The average molecular weight is 919 g/mol. The second-order valence-electron chi connectivity index (χ2n) is 20.3. The Morgan fingerprint density at radius 2 is 0.708 bits per heavy atom. The predicted octanol–water partition coefficient (Wildman–Crippen LogP) is 18.1. The van der Waals surface area contributed by atoms with Crippen LogP contribution in [-0.4, -0.2) is 47.4 Å². The summed E-state index contributed by atoms with van der Waals surface area (Å²) in [5, 5.41) is 23.2. The Morgan fingerprint density at radius 1 is 0.415 bits per heavy atom. The molecule has 386 valence electrons. The Morgan fingerprint density at radius 3 is 1.05 bits per heavy atom. The minimum Gasteiger partial charge on any atom is -0.466 e. The van der Waals surface area contributed by atoms with Gasteiger partial charge < -0.3 is 20.3 Å². The van der Waals surface area contributed by atoms with Crippen LogP contribution in [-0.2, 0) is 14.3 Å². The highest BCUT2D eigenvalue weighted by molar-refractivity contribution is 5.76. The lowest BCUT2D eigenvalue weighted by Crippen LogP contribution is -2.45. The molecule has 0 aliphatic carbocycles. The van der Waals surface area contributed by atoms with Gasteiger partial charge in [0.15, 0.2) is 0 Å². The SMILES string of the molecule is CCCCCCCCCCCCCCCCCCCCC/C=C/C(O)C(CO)NC(=O)CCCCCCCCCCCOC(=O)CCCCCCCCCCCCCCCCCCCC. The van der Waals surface area contributed by atoms with Crippen molar-refractivity contribution < 1.29 is 24.5 Å². The number of aliphatic hydroxyl groups excluding tert-OH is 2. The summed E-state index contributed by atoms with van der Waals surface area (Å²) in [6.07, 6.45) is 65.2. The van der Waals surface area contributed by atoms with E-state index in [0.717, 1.165) is 57.8 Å². The summed E-state index contributed by atoms with van der Waals surface area (Å²) in [6.45, 7) is 4.87. The van der Waals surface area contributed by atoms with E-state index in [4.69, 9.17) is 4.74 Å². The third kappa shape index (κ3) is 51.8. The molecule has 0 aromatic carbocycles. The highest BCUT2D eigenvalue weighted by Crippen LogP contribution is 2.18. The molecule has 2 atom stereocenters. The van der Waals surface area contributed by atoms with Gasteiger partial charge in [-0.05, 0) is 32.1 Å². The Balaban J connectivity index is 3.48. The molecule has 0 radical (unpaired) electrons.